The van der Waals surface area contributed by atoms with Gasteiger partial charge in [-0.2, -0.15) is 0 Å². The van der Waals surface area contributed by atoms with Gasteiger partial charge >= 0.3 is 0 Å². The summed E-state index contributed by atoms with van der Waals surface area (Å²) in [7, 11) is 0. The molecule has 2 aromatic rings. The van der Waals surface area contributed by atoms with Crippen molar-refractivity contribution in [2.75, 3.05) is 18.5 Å². The minimum atomic E-state index is 0.378. The van der Waals surface area contributed by atoms with E-state index in [4.69, 9.17) is 16.3 Å². The molecule has 0 saturated carbocycles. The molecule has 1 aliphatic rings. The van der Waals surface area contributed by atoms with Gasteiger partial charge in [0.25, 0.3) is 0 Å². The van der Waals surface area contributed by atoms with E-state index in [9.17, 15) is 0 Å². The number of benzene rings is 1. The summed E-state index contributed by atoms with van der Waals surface area (Å²) >= 11 is 6.07. The Morgan fingerprint density at radius 1 is 1.38 bits per heavy atom. The van der Waals surface area contributed by atoms with Crippen molar-refractivity contribution in [1.82, 2.24) is 4.98 Å². The molecule has 1 aromatic carbocycles. The first-order valence-corrected chi connectivity index (χ1v) is 5.59. The summed E-state index contributed by atoms with van der Waals surface area (Å²) in [5.41, 5.74) is 1.94. The highest BCUT2D eigenvalue weighted by molar-refractivity contribution is 6.31. The van der Waals surface area contributed by atoms with E-state index in [1.54, 1.807) is 6.20 Å². The second-order valence-electron chi connectivity index (χ2n) is 3.91. The van der Waals surface area contributed by atoms with Crippen LogP contribution >= 0.6 is 11.6 Å². The number of nitrogens with zero attached hydrogens (tertiary/aromatic N) is 1. The lowest BCUT2D eigenvalue weighted by molar-refractivity contribution is 0.0211. The van der Waals surface area contributed by atoms with Crippen LogP contribution in [0.2, 0.25) is 5.02 Å². The second-order valence-corrected chi connectivity index (χ2v) is 4.34. The minimum absolute atomic E-state index is 0.378. The summed E-state index contributed by atoms with van der Waals surface area (Å²) in [6.45, 7) is 1.50. The highest BCUT2D eigenvalue weighted by Gasteiger charge is 2.19. The highest BCUT2D eigenvalue weighted by atomic mass is 35.5. The van der Waals surface area contributed by atoms with Crippen LogP contribution in [-0.4, -0.2) is 24.2 Å². The van der Waals surface area contributed by atoms with Crippen LogP contribution in [-0.2, 0) is 4.74 Å². The molecule has 0 atom stereocenters. The summed E-state index contributed by atoms with van der Waals surface area (Å²) in [5, 5.41) is 5.17. The maximum atomic E-state index is 6.07. The number of aromatic nitrogens is 1. The smallest absolute Gasteiger partial charge is 0.0934 e. The van der Waals surface area contributed by atoms with Gasteiger partial charge in [-0.25, -0.2) is 0 Å². The van der Waals surface area contributed by atoms with Crippen molar-refractivity contribution in [1.29, 1.82) is 0 Å². The molecule has 1 fully saturated rings. The average molecular weight is 235 g/mol. The number of rotatable bonds is 2. The summed E-state index contributed by atoms with van der Waals surface area (Å²) in [4.78, 5) is 4.37. The zero-order valence-electron chi connectivity index (χ0n) is 8.61. The van der Waals surface area contributed by atoms with Crippen LogP contribution in [0.3, 0.4) is 0 Å². The molecule has 1 aliphatic heterocycles. The molecular weight excluding hydrogens is 224 g/mol. The lowest BCUT2D eigenvalue weighted by Gasteiger charge is -2.28. The Balaban J connectivity index is 2.06. The molecule has 2 heterocycles. The molecule has 0 aliphatic carbocycles. The van der Waals surface area contributed by atoms with Gasteiger partial charge in [0.15, 0.2) is 0 Å². The monoisotopic (exact) mass is 234 g/mol. The largest absolute Gasteiger partial charge is 0.377 e. The van der Waals surface area contributed by atoms with E-state index >= 15 is 0 Å². The molecule has 3 nitrogen and oxygen atoms in total. The van der Waals surface area contributed by atoms with E-state index in [0.717, 1.165) is 34.8 Å². The van der Waals surface area contributed by atoms with E-state index in [0.29, 0.717) is 6.04 Å². The molecule has 0 spiro atoms. The fraction of sp³-hybridized carbons (Fsp3) is 0.250. The van der Waals surface area contributed by atoms with Gasteiger partial charge in [0.05, 0.1) is 30.5 Å². The SMILES string of the molecule is Clc1cc(NC2COC2)c2ncccc2c1. The molecular formula is C12H11ClN2O. The van der Waals surface area contributed by atoms with Crippen LogP contribution in [0.25, 0.3) is 10.9 Å². The molecule has 0 radical (unpaired) electrons. The first-order valence-electron chi connectivity index (χ1n) is 5.21. The summed E-state index contributed by atoms with van der Waals surface area (Å²) < 4.78 is 5.13. The van der Waals surface area contributed by atoms with Crippen molar-refractivity contribution < 1.29 is 4.74 Å². The lowest BCUT2D eigenvalue weighted by Crippen LogP contribution is -2.40. The Morgan fingerprint density at radius 2 is 2.25 bits per heavy atom. The van der Waals surface area contributed by atoms with E-state index < -0.39 is 0 Å². The normalized spacial score (nSPS) is 16.1. The third kappa shape index (κ3) is 1.72. The third-order valence-electron chi connectivity index (χ3n) is 2.67. The molecule has 3 rings (SSSR count). The van der Waals surface area contributed by atoms with Crippen LogP contribution in [0.15, 0.2) is 30.5 Å². The van der Waals surface area contributed by atoms with Crippen LogP contribution in [0.5, 0.6) is 0 Å². The highest BCUT2D eigenvalue weighted by Crippen LogP contribution is 2.27. The van der Waals surface area contributed by atoms with Gasteiger partial charge in [-0.3, -0.25) is 4.98 Å². The number of pyridine rings is 1. The molecule has 1 saturated heterocycles. The Morgan fingerprint density at radius 3 is 3.00 bits per heavy atom. The maximum absolute atomic E-state index is 6.07. The number of ether oxygens (including phenoxy) is 1. The summed E-state index contributed by atoms with van der Waals surface area (Å²) in [6.07, 6.45) is 1.79. The van der Waals surface area contributed by atoms with Gasteiger partial charge in [-0.05, 0) is 18.2 Å². The molecule has 0 unspecified atom stereocenters. The molecule has 16 heavy (non-hydrogen) atoms. The third-order valence-corrected chi connectivity index (χ3v) is 2.89. The van der Waals surface area contributed by atoms with Gasteiger partial charge in [-0.1, -0.05) is 17.7 Å². The molecule has 0 bridgehead atoms. The summed E-state index contributed by atoms with van der Waals surface area (Å²) in [6, 6.07) is 8.14. The zero-order chi connectivity index (χ0) is 11.0. The maximum Gasteiger partial charge on any atom is 0.0934 e. The number of hydrogen-bond acceptors (Lipinski definition) is 3. The van der Waals surface area contributed by atoms with Gasteiger partial charge < -0.3 is 10.1 Å². The Bertz CT molecular complexity index is 525. The van der Waals surface area contributed by atoms with E-state index in [2.05, 4.69) is 10.3 Å². The number of halogens is 1. The van der Waals surface area contributed by atoms with Crippen LogP contribution in [0.1, 0.15) is 0 Å². The number of fused-ring (bicyclic) bond motifs is 1. The topological polar surface area (TPSA) is 34.1 Å². The van der Waals surface area contributed by atoms with Gasteiger partial charge in [0, 0.05) is 16.6 Å². The first kappa shape index (κ1) is 9.87. The Hall–Kier alpha value is -1.32. The lowest BCUT2D eigenvalue weighted by atomic mass is 10.1. The van der Waals surface area contributed by atoms with Crippen molar-refractivity contribution in [3.63, 3.8) is 0 Å². The Kier molecular flexibility index (Phi) is 2.42. The van der Waals surface area contributed by atoms with Crippen molar-refractivity contribution >= 4 is 28.2 Å². The molecule has 0 amide bonds. The van der Waals surface area contributed by atoms with Gasteiger partial charge in [0.2, 0.25) is 0 Å². The number of anilines is 1. The predicted octanol–water partition coefficient (Wildman–Crippen LogP) is 2.70. The van der Waals surface area contributed by atoms with Gasteiger partial charge in [-0.15, -0.1) is 0 Å². The fourth-order valence-electron chi connectivity index (χ4n) is 1.80. The van der Waals surface area contributed by atoms with Crippen molar-refractivity contribution in [3.05, 3.63) is 35.5 Å². The Labute approximate surface area is 98.4 Å². The van der Waals surface area contributed by atoms with Gasteiger partial charge in [0.1, 0.15) is 0 Å². The second kappa shape index (κ2) is 3.92. The minimum Gasteiger partial charge on any atom is -0.377 e. The van der Waals surface area contributed by atoms with Crippen LogP contribution in [0.4, 0.5) is 5.69 Å². The van der Waals surface area contributed by atoms with Crippen LogP contribution < -0.4 is 5.32 Å². The van der Waals surface area contributed by atoms with Crippen molar-refractivity contribution in [3.8, 4) is 0 Å². The van der Waals surface area contributed by atoms with E-state index in [-0.39, 0.29) is 0 Å². The molecule has 1 aromatic heterocycles. The predicted molar refractivity (Wildman–Crippen MR) is 65.0 cm³/mol. The van der Waals surface area contributed by atoms with Crippen LogP contribution in [0, 0.1) is 0 Å². The average Bonchev–Trinajstić information content (AvgIpc) is 2.23. The van der Waals surface area contributed by atoms with E-state index in [1.807, 2.05) is 24.3 Å². The molecule has 4 heteroatoms. The standard InChI is InChI=1S/C12H11ClN2O/c13-9-4-8-2-1-3-14-12(8)11(5-9)15-10-6-16-7-10/h1-5,10,15H,6-7H2. The van der Waals surface area contributed by atoms with E-state index in [1.165, 1.54) is 0 Å². The fourth-order valence-corrected chi connectivity index (χ4v) is 2.03. The number of nitrogens with one attached hydrogen (secondary N) is 1. The first-order chi connectivity index (χ1) is 7.83. The molecule has 1 N–H and O–H groups in total. The quantitative estimate of drug-likeness (QED) is 0.868. The summed E-state index contributed by atoms with van der Waals surface area (Å²) in [5.74, 6) is 0. The molecule has 82 valence electrons. The zero-order valence-corrected chi connectivity index (χ0v) is 9.37. The van der Waals surface area contributed by atoms with Crippen molar-refractivity contribution in [2.45, 2.75) is 6.04 Å². The van der Waals surface area contributed by atoms with Crippen molar-refractivity contribution in [2.24, 2.45) is 0 Å². The number of hydrogen-bond donors (Lipinski definition) is 1.